The van der Waals surface area contributed by atoms with Crippen LogP contribution in [0.5, 0.6) is 0 Å². The lowest BCUT2D eigenvalue weighted by atomic mass is 9.74. The molecule has 3 N–H and O–H groups in total. The van der Waals surface area contributed by atoms with Gasteiger partial charge < -0.3 is 20.4 Å². The van der Waals surface area contributed by atoms with Crippen molar-refractivity contribution in [3.8, 4) is 0 Å². The van der Waals surface area contributed by atoms with Gasteiger partial charge in [0.15, 0.2) is 0 Å². The Morgan fingerprint density at radius 3 is 2.38 bits per heavy atom. The summed E-state index contributed by atoms with van der Waals surface area (Å²) >= 11 is 0. The summed E-state index contributed by atoms with van der Waals surface area (Å²) in [6.45, 7) is 3.00. The number of carboxylic acids is 1. The molecule has 0 heterocycles. The third-order valence-corrected chi connectivity index (χ3v) is 4.28. The van der Waals surface area contributed by atoms with Crippen LogP contribution < -0.4 is 5.32 Å². The summed E-state index contributed by atoms with van der Waals surface area (Å²) in [6, 6.07) is -0.274. The number of amides is 2. The van der Waals surface area contributed by atoms with Crippen LogP contribution in [0.1, 0.15) is 51.9 Å². The van der Waals surface area contributed by atoms with E-state index in [0.717, 1.165) is 32.1 Å². The molecule has 0 bridgehead atoms. The van der Waals surface area contributed by atoms with Crippen LogP contribution in [0.2, 0.25) is 0 Å². The van der Waals surface area contributed by atoms with Gasteiger partial charge >= 0.3 is 12.0 Å². The molecular weight excluding hydrogens is 272 g/mol. The Labute approximate surface area is 126 Å². The zero-order valence-corrected chi connectivity index (χ0v) is 12.9. The minimum Gasteiger partial charge on any atom is -0.481 e. The number of rotatable bonds is 8. The fourth-order valence-electron chi connectivity index (χ4n) is 2.84. The summed E-state index contributed by atoms with van der Waals surface area (Å²) < 4.78 is 0. The van der Waals surface area contributed by atoms with Crippen molar-refractivity contribution in [2.75, 3.05) is 26.2 Å². The molecule has 0 aromatic heterocycles. The Bertz CT molecular complexity index is 341. The maximum absolute atomic E-state index is 12.2. The van der Waals surface area contributed by atoms with E-state index < -0.39 is 11.4 Å². The molecule has 1 saturated carbocycles. The van der Waals surface area contributed by atoms with Gasteiger partial charge in [-0.25, -0.2) is 4.79 Å². The van der Waals surface area contributed by atoms with Crippen molar-refractivity contribution in [2.45, 2.75) is 51.9 Å². The monoisotopic (exact) mass is 300 g/mol. The quantitative estimate of drug-likeness (QED) is 0.638. The SMILES string of the molecule is CCCCN(CCO)C(=O)NCC1(C(=O)O)CCCCC1. The maximum atomic E-state index is 12.2. The number of carbonyl (C=O) groups excluding carboxylic acids is 1. The third-order valence-electron chi connectivity index (χ3n) is 4.28. The first-order valence-electron chi connectivity index (χ1n) is 7.93. The van der Waals surface area contributed by atoms with Crippen molar-refractivity contribution in [1.82, 2.24) is 10.2 Å². The van der Waals surface area contributed by atoms with E-state index in [0.29, 0.717) is 19.4 Å². The molecule has 6 nitrogen and oxygen atoms in total. The van der Waals surface area contributed by atoms with Crippen molar-refractivity contribution in [2.24, 2.45) is 5.41 Å². The highest BCUT2D eigenvalue weighted by Crippen LogP contribution is 2.36. The molecule has 0 saturated heterocycles. The number of carbonyl (C=O) groups is 2. The molecule has 0 aliphatic heterocycles. The van der Waals surface area contributed by atoms with E-state index in [2.05, 4.69) is 5.32 Å². The van der Waals surface area contributed by atoms with Crippen LogP contribution in [0.4, 0.5) is 4.79 Å². The second kappa shape index (κ2) is 8.87. The van der Waals surface area contributed by atoms with Gasteiger partial charge in [-0.05, 0) is 19.3 Å². The molecule has 0 aromatic carbocycles. The molecule has 6 heteroatoms. The number of aliphatic carboxylic acids is 1. The summed E-state index contributed by atoms with van der Waals surface area (Å²) in [7, 11) is 0. The molecule has 21 heavy (non-hydrogen) atoms. The van der Waals surface area contributed by atoms with Gasteiger partial charge in [0.1, 0.15) is 0 Å². The zero-order valence-electron chi connectivity index (χ0n) is 12.9. The summed E-state index contributed by atoms with van der Waals surface area (Å²) in [5.41, 5.74) is -0.816. The fourth-order valence-corrected chi connectivity index (χ4v) is 2.84. The highest BCUT2D eigenvalue weighted by atomic mass is 16.4. The summed E-state index contributed by atoms with van der Waals surface area (Å²) in [5.74, 6) is -0.815. The largest absolute Gasteiger partial charge is 0.481 e. The Kier molecular flexibility index (Phi) is 7.50. The van der Waals surface area contributed by atoms with E-state index >= 15 is 0 Å². The molecule has 1 rings (SSSR count). The van der Waals surface area contributed by atoms with Gasteiger partial charge in [-0.1, -0.05) is 32.6 Å². The number of unbranched alkanes of at least 4 members (excludes halogenated alkanes) is 1. The normalized spacial score (nSPS) is 17.2. The molecule has 122 valence electrons. The predicted octanol–water partition coefficient (Wildman–Crippen LogP) is 1.83. The van der Waals surface area contributed by atoms with Gasteiger partial charge in [0.25, 0.3) is 0 Å². The maximum Gasteiger partial charge on any atom is 0.317 e. The first kappa shape index (κ1) is 17.8. The molecule has 0 atom stereocenters. The smallest absolute Gasteiger partial charge is 0.317 e. The van der Waals surface area contributed by atoms with Crippen molar-refractivity contribution in [1.29, 1.82) is 0 Å². The standard InChI is InChI=1S/C15H28N2O4/c1-2-3-9-17(10-11-18)14(21)16-12-15(13(19)20)7-5-4-6-8-15/h18H,2-12H2,1H3,(H,16,21)(H,19,20). The lowest BCUT2D eigenvalue weighted by Gasteiger charge is -2.34. The lowest BCUT2D eigenvalue weighted by molar-refractivity contribution is -0.150. The molecular formula is C15H28N2O4. The predicted molar refractivity (Wildman–Crippen MR) is 80.1 cm³/mol. The van der Waals surface area contributed by atoms with Crippen LogP contribution >= 0.6 is 0 Å². The van der Waals surface area contributed by atoms with Crippen molar-refractivity contribution in [3.63, 3.8) is 0 Å². The number of aliphatic hydroxyl groups excluding tert-OH is 1. The summed E-state index contributed by atoms with van der Waals surface area (Å²) in [5, 5.41) is 21.3. The van der Waals surface area contributed by atoms with Crippen LogP contribution in [0.15, 0.2) is 0 Å². The van der Waals surface area contributed by atoms with Gasteiger partial charge in [0, 0.05) is 19.6 Å². The van der Waals surface area contributed by atoms with Crippen LogP contribution in [0, 0.1) is 5.41 Å². The average molecular weight is 300 g/mol. The summed E-state index contributed by atoms with van der Waals surface area (Å²) in [6.07, 6.45) is 5.95. The Morgan fingerprint density at radius 1 is 1.19 bits per heavy atom. The molecule has 2 amide bonds. The topological polar surface area (TPSA) is 89.9 Å². The van der Waals surface area contributed by atoms with E-state index in [1.54, 1.807) is 4.90 Å². The Morgan fingerprint density at radius 2 is 1.86 bits per heavy atom. The number of hydrogen-bond acceptors (Lipinski definition) is 3. The first-order chi connectivity index (χ1) is 10.1. The van der Waals surface area contributed by atoms with E-state index in [1.165, 1.54) is 0 Å². The van der Waals surface area contributed by atoms with Gasteiger partial charge in [0.2, 0.25) is 0 Å². The molecule has 1 aliphatic rings. The second-order valence-electron chi connectivity index (χ2n) is 5.87. The van der Waals surface area contributed by atoms with E-state index in [4.69, 9.17) is 5.11 Å². The number of urea groups is 1. The Balaban J connectivity index is 2.56. The van der Waals surface area contributed by atoms with Crippen LogP contribution in [-0.4, -0.2) is 53.4 Å². The lowest BCUT2D eigenvalue weighted by Crippen LogP contribution is -2.49. The highest BCUT2D eigenvalue weighted by molar-refractivity contribution is 5.78. The fraction of sp³-hybridized carbons (Fsp3) is 0.867. The van der Waals surface area contributed by atoms with Gasteiger partial charge in [-0.15, -0.1) is 0 Å². The van der Waals surface area contributed by atoms with Crippen LogP contribution in [-0.2, 0) is 4.79 Å². The molecule has 0 aromatic rings. The average Bonchev–Trinajstić information content (AvgIpc) is 2.49. The number of aliphatic hydroxyl groups is 1. The Hall–Kier alpha value is -1.30. The molecule has 1 aliphatic carbocycles. The molecule has 1 fully saturated rings. The van der Waals surface area contributed by atoms with Crippen molar-refractivity contribution < 1.29 is 19.8 Å². The molecule has 0 spiro atoms. The van der Waals surface area contributed by atoms with Crippen LogP contribution in [0.25, 0.3) is 0 Å². The van der Waals surface area contributed by atoms with Crippen LogP contribution in [0.3, 0.4) is 0 Å². The van der Waals surface area contributed by atoms with Crippen molar-refractivity contribution >= 4 is 12.0 Å². The minimum absolute atomic E-state index is 0.0821. The summed E-state index contributed by atoms with van der Waals surface area (Å²) in [4.78, 5) is 25.3. The minimum atomic E-state index is -0.816. The van der Waals surface area contributed by atoms with Crippen molar-refractivity contribution in [3.05, 3.63) is 0 Å². The number of hydrogen-bond donors (Lipinski definition) is 3. The third kappa shape index (κ3) is 5.19. The highest BCUT2D eigenvalue weighted by Gasteiger charge is 2.40. The van der Waals surface area contributed by atoms with Gasteiger partial charge in [0.05, 0.1) is 12.0 Å². The first-order valence-corrected chi connectivity index (χ1v) is 7.93. The molecule has 0 unspecified atom stereocenters. The van der Waals surface area contributed by atoms with Gasteiger partial charge in [-0.3, -0.25) is 4.79 Å². The van der Waals surface area contributed by atoms with E-state index in [-0.39, 0.29) is 25.7 Å². The van der Waals surface area contributed by atoms with Gasteiger partial charge in [-0.2, -0.15) is 0 Å². The van der Waals surface area contributed by atoms with E-state index in [1.807, 2.05) is 6.92 Å². The molecule has 0 radical (unpaired) electrons. The number of nitrogens with zero attached hydrogens (tertiary/aromatic N) is 1. The number of nitrogens with one attached hydrogen (secondary N) is 1. The number of carboxylic acid groups (broad SMARTS) is 1. The zero-order chi connectivity index (χ0) is 15.7. The van der Waals surface area contributed by atoms with E-state index in [9.17, 15) is 14.7 Å². The second-order valence-corrected chi connectivity index (χ2v) is 5.87.